The minimum Gasteiger partial charge on any atom is -0.343 e. The van der Waals surface area contributed by atoms with E-state index in [0.717, 1.165) is 38.3 Å². The zero-order valence-corrected chi connectivity index (χ0v) is 14.2. The van der Waals surface area contributed by atoms with Gasteiger partial charge in [0, 0.05) is 38.2 Å². The van der Waals surface area contributed by atoms with Gasteiger partial charge in [0.2, 0.25) is 5.91 Å². The average Bonchev–Trinajstić information content (AvgIpc) is 3.50. The summed E-state index contributed by atoms with van der Waals surface area (Å²) in [7, 11) is 1.88. The lowest BCUT2D eigenvalue weighted by atomic mass is 9.90. The van der Waals surface area contributed by atoms with Gasteiger partial charge < -0.3 is 9.80 Å². The molecule has 1 saturated heterocycles. The van der Waals surface area contributed by atoms with E-state index >= 15 is 0 Å². The minimum atomic E-state index is -0.934. The molecule has 2 heterocycles. The molecular formula is C18H21F2N3O2. The van der Waals surface area contributed by atoms with Crippen LogP contribution in [0.1, 0.15) is 42.6 Å². The Kier molecular flexibility index (Phi) is 3.77. The number of carbonyl (C=O) groups excluding carboxylic acids is 2. The van der Waals surface area contributed by atoms with Gasteiger partial charge in [0.25, 0.3) is 5.91 Å². The molecule has 134 valence electrons. The first-order chi connectivity index (χ1) is 11.9. The summed E-state index contributed by atoms with van der Waals surface area (Å²) in [6, 6.07) is 1.09. The second-order valence-electron chi connectivity index (χ2n) is 7.58. The van der Waals surface area contributed by atoms with Crippen molar-refractivity contribution in [3.63, 3.8) is 0 Å². The molecule has 5 nitrogen and oxygen atoms in total. The molecule has 1 aromatic heterocycles. The Bertz CT molecular complexity index is 727. The molecular weight excluding hydrogens is 328 g/mol. The summed E-state index contributed by atoms with van der Waals surface area (Å²) in [6.07, 6.45) is 5.42. The van der Waals surface area contributed by atoms with Gasteiger partial charge in [-0.2, -0.15) is 0 Å². The van der Waals surface area contributed by atoms with Crippen molar-refractivity contribution < 1.29 is 18.4 Å². The van der Waals surface area contributed by atoms with E-state index in [9.17, 15) is 18.4 Å². The standard InChI is InChI=1S/C18H21F2N3O2/c1-22(12-2-3-12)16(24)13-9-18(13)4-6-23(7-5-18)17(25)15-14(20)8-11(19)10-21-15/h8,10,12-13H,2-7,9H2,1H3. The van der Waals surface area contributed by atoms with E-state index in [4.69, 9.17) is 0 Å². The first-order valence-electron chi connectivity index (χ1n) is 8.78. The maximum absolute atomic E-state index is 13.8. The summed E-state index contributed by atoms with van der Waals surface area (Å²) >= 11 is 0. The molecule has 4 rings (SSSR count). The van der Waals surface area contributed by atoms with Gasteiger partial charge in [0.1, 0.15) is 5.82 Å². The second-order valence-corrected chi connectivity index (χ2v) is 7.58. The smallest absolute Gasteiger partial charge is 0.275 e. The molecule has 1 unspecified atom stereocenters. The predicted octanol–water partition coefficient (Wildman–Crippen LogP) is 2.22. The number of rotatable bonds is 3. The van der Waals surface area contributed by atoms with Crippen molar-refractivity contribution in [3.8, 4) is 0 Å². The lowest BCUT2D eigenvalue weighted by molar-refractivity contribution is -0.132. The van der Waals surface area contributed by atoms with Gasteiger partial charge in [0.05, 0.1) is 6.20 Å². The Morgan fingerprint density at radius 3 is 2.56 bits per heavy atom. The number of nitrogens with zero attached hydrogens (tertiary/aromatic N) is 3. The molecule has 0 N–H and O–H groups in total. The van der Waals surface area contributed by atoms with Gasteiger partial charge in [-0.25, -0.2) is 13.8 Å². The number of likely N-dealkylation sites (tertiary alicyclic amines) is 1. The van der Waals surface area contributed by atoms with Crippen LogP contribution >= 0.6 is 0 Å². The number of amides is 2. The third kappa shape index (κ3) is 2.89. The fourth-order valence-electron chi connectivity index (χ4n) is 4.01. The highest BCUT2D eigenvalue weighted by Gasteiger charge is 2.60. The molecule has 2 amide bonds. The molecule has 3 aliphatic rings. The number of hydrogen-bond acceptors (Lipinski definition) is 3. The Hall–Kier alpha value is -2.05. The molecule has 1 aromatic rings. The zero-order valence-electron chi connectivity index (χ0n) is 14.2. The maximum Gasteiger partial charge on any atom is 0.275 e. The van der Waals surface area contributed by atoms with E-state index in [1.165, 1.54) is 0 Å². The third-order valence-corrected chi connectivity index (χ3v) is 5.99. The third-order valence-electron chi connectivity index (χ3n) is 5.99. The summed E-state index contributed by atoms with van der Waals surface area (Å²) in [5.41, 5.74) is -0.333. The Morgan fingerprint density at radius 2 is 1.96 bits per heavy atom. The number of carbonyl (C=O) groups is 2. The molecule has 1 atom stereocenters. The lowest BCUT2D eigenvalue weighted by Crippen LogP contribution is -2.41. The molecule has 0 aromatic carbocycles. The van der Waals surface area contributed by atoms with Crippen LogP contribution in [0.5, 0.6) is 0 Å². The highest BCUT2D eigenvalue weighted by molar-refractivity contribution is 5.92. The molecule has 7 heteroatoms. The van der Waals surface area contributed by atoms with Crippen molar-refractivity contribution >= 4 is 11.8 Å². The average molecular weight is 349 g/mol. The van der Waals surface area contributed by atoms with Crippen LogP contribution in [0.15, 0.2) is 12.3 Å². The normalized spacial score (nSPS) is 24.3. The summed E-state index contributed by atoms with van der Waals surface area (Å²) in [6.45, 7) is 0.961. The first kappa shape index (κ1) is 16.4. The van der Waals surface area contributed by atoms with Gasteiger partial charge in [-0.1, -0.05) is 0 Å². The summed E-state index contributed by atoms with van der Waals surface area (Å²) in [4.78, 5) is 32.0. The van der Waals surface area contributed by atoms with E-state index < -0.39 is 17.5 Å². The highest BCUT2D eigenvalue weighted by atomic mass is 19.1. The van der Waals surface area contributed by atoms with Crippen molar-refractivity contribution in [1.82, 2.24) is 14.8 Å². The highest BCUT2D eigenvalue weighted by Crippen LogP contribution is 2.60. The summed E-state index contributed by atoms with van der Waals surface area (Å²) in [5, 5.41) is 0. The van der Waals surface area contributed by atoms with E-state index in [0.29, 0.717) is 25.2 Å². The SMILES string of the molecule is CN(C(=O)C1CC12CCN(C(=O)c1ncc(F)cc1F)CC2)C1CC1. The first-order valence-corrected chi connectivity index (χ1v) is 8.78. The molecule has 0 radical (unpaired) electrons. The number of hydrogen-bond donors (Lipinski definition) is 0. The Balaban J connectivity index is 1.37. The van der Waals surface area contributed by atoms with Gasteiger partial charge in [-0.05, 0) is 37.5 Å². The van der Waals surface area contributed by atoms with Crippen LogP contribution in [0.2, 0.25) is 0 Å². The monoisotopic (exact) mass is 349 g/mol. The number of halogens is 2. The lowest BCUT2D eigenvalue weighted by Gasteiger charge is -2.33. The van der Waals surface area contributed by atoms with Crippen molar-refractivity contribution in [2.24, 2.45) is 11.3 Å². The van der Waals surface area contributed by atoms with E-state index in [1.54, 1.807) is 4.90 Å². The Morgan fingerprint density at radius 1 is 1.28 bits per heavy atom. The minimum absolute atomic E-state index is 0.00574. The zero-order chi connectivity index (χ0) is 17.8. The number of aromatic nitrogens is 1. The van der Waals surface area contributed by atoms with Crippen molar-refractivity contribution in [1.29, 1.82) is 0 Å². The van der Waals surface area contributed by atoms with Crippen LogP contribution in [-0.2, 0) is 4.79 Å². The second kappa shape index (κ2) is 5.75. The van der Waals surface area contributed by atoms with Gasteiger partial charge in [-0.15, -0.1) is 0 Å². The molecule has 2 aliphatic carbocycles. The number of pyridine rings is 1. The fourth-order valence-corrected chi connectivity index (χ4v) is 4.01. The van der Waals surface area contributed by atoms with E-state index in [-0.39, 0.29) is 22.9 Å². The van der Waals surface area contributed by atoms with Crippen molar-refractivity contribution in [3.05, 3.63) is 29.6 Å². The van der Waals surface area contributed by atoms with Gasteiger partial charge in [-0.3, -0.25) is 9.59 Å². The predicted molar refractivity (Wildman–Crippen MR) is 85.6 cm³/mol. The largest absolute Gasteiger partial charge is 0.343 e. The maximum atomic E-state index is 13.8. The molecule has 2 saturated carbocycles. The summed E-state index contributed by atoms with van der Waals surface area (Å²) < 4.78 is 26.7. The Labute approximate surface area is 145 Å². The van der Waals surface area contributed by atoms with E-state index in [1.807, 2.05) is 11.9 Å². The van der Waals surface area contributed by atoms with Crippen LogP contribution in [0, 0.1) is 23.0 Å². The van der Waals surface area contributed by atoms with Crippen LogP contribution in [0.4, 0.5) is 8.78 Å². The molecule has 3 fully saturated rings. The van der Waals surface area contributed by atoms with Crippen LogP contribution in [-0.4, -0.2) is 52.8 Å². The molecule has 1 aliphatic heterocycles. The van der Waals surface area contributed by atoms with Crippen molar-refractivity contribution in [2.45, 2.75) is 38.1 Å². The van der Waals surface area contributed by atoms with Crippen LogP contribution in [0.3, 0.4) is 0 Å². The van der Waals surface area contributed by atoms with Gasteiger partial charge in [0.15, 0.2) is 11.5 Å². The summed E-state index contributed by atoms with van der Waals surface area (Å²) in [5.74, 6) is -1.95. The van der Waals surface area contributed by atoms with E-state index in [2.05, 4.69) is 4.98 Å². The fraction of sp³-hybridized carbons (Fsp3) is 0.611. The number of piperidine rings is 1. The van der Waals surface area contributed by atoms with Gasteiger partial charge >= 0.3 is 0 Å². The quantitative estimate of drug-likeness (QED) is 0.841. The molecule has 25 heavy (non-hydrogen) atoms. The van der Waals surface area contributed by atoms with Crippen LogP contribution in [0.25, 0.3) is 0 Å². The topological polar surface area (TPSA) is 53.5 Å². The molecule has 0 bridgehead atoms. The molecule has 1 spiro atoms. The van der Waals surface area contributed by atoms with Crippen LogP contribution < -0.4 is 0 Å². The van der Waals surface area contributed by atoms with Crippen molar-refractivity contribution in [2.75, 3.05) is 20.1 Å².